The minimum atomic E-state index is -3.64. The van der Waals surface area contributed by atoms with Gasteiger partial charge in [-0.25, -0.2) is 22.7 Å². The normalized spacial score (nSPS) is 12.4. The molecule has 3 N–H and O–H groups in total. The first-order valence-electron chi connectivity index (χ1n) is 10.5. The third kappa shape index (κ3) is 5.80. The van der Waals surface area contributed by atoms with Crippen molar-refractivity contribution in [2.45, 2.75) is 44.7 Å². The van der Waals surface area contributed by atoms with Gasteiger partial charge in [0.25, 0.3) is 5.91 Å². The van der Waals surface area contributed by atoms with E-state index in [9.17, 15) is 22.8 Å². The number of nitrogens with one attached hydrogen (secondary N) is 3. The quantitative estimate of drug-likeness (QED) is 0.418. The summed E-state index contributed by atoms with van der Waals surface area (Å²) < 4.78 is 33.5. The highest BCUT2D eigenvalue weighted by atomic mass is 32.2. The Balaban J connectivity index is 1.61. The Morgan fingerprint density at radius 1 is 1.00 bits per heavy atom. The molecule has 1 aromatic heterocycles. The van der Waals surface area contributed by atoms with Gasteiger partial charge in [-0.15, -0.1) is 0 Å². The van der Waals surface area contributed by atoms with E-state index >= 15 is 0 Å². The number of nitrogens with zero attached hydrogens (tertiary/aromatic N) is 1. The number of imidazole rings is 1. The number of hydrogen-bond donors (Lipinski definition) is 3. The van der Waals surface area contributed by atoms with Gasteiger partial charge in [0.15, 0.2) is 6.10 Å². The summed E-state index contributed by atoms with van der Waals surface area (Å²) in [6.07, 6.45) is 0.479. The predicted octanol–water partition coefficient (Wildman–Crippen LogP) is 2.34. The predicted molar refractivity (Wildman–Crippen MR) is 127 cm³/mol. The molecule has 1 atom stereocenters. The van der Waals surface area contributed by atoms with Crippen LogP contribution in [0.15, 0.2) is 64.4 Å². The van der Waals surface area contributed by atoms with Crippen molar-refractivity contribution >= 4 is 27.6 Å². The van der Waals surface area contributed by atoms with Crippen molar-refractivity contribution in [1.29, 1.82) is 0 Å². The molecule has 11 heteroatoms. The van der Waals surface area contributed by atoms with Gasteiger partial charge in [0.2, 0.25) is 10.0 Å². The third-order valence-corrected chi connectivity index (χ3v) is 6.47. The zero-order chi connectivity index (χ0) is 25.0. The number of ether oxygens (including phenoxy) is 1. The molecule has 0 saturated carbocycles. The van der Waals surface area contributed by atoms with Crippen molar-refractivity contribution in [2.24, 2.45) is 0 Å². The average Bonchev–Trinajstić information content (AvgIpc) is 3.11. The molecule has 0 aliphatic heterocycles. The summed E-state index contributed by atoms with van der Waals surface area (Å²) in [6.45, 7) is 6.63. The van der Waals surface area contributed by atoms with E-state index < -0.39 is 28.0 Å². The molecule has 0 bridgehead atoms. The van der Waals surface area contributed by atoms with Crippen molar-refractivity contribution in [3.8, 4) is 5.69 Å². The van der Waals surface area contributed by atoms with Gasteiger partial charge in [-0.3, -0.25) is 9.36 Å². The highest BCUT2D eigenvalue weighted by molar-refractivity contribution is 7.89. The lowest BCUT2D eigenvalue weighted by Crippen LogP contribution is -2.30. The van der Waals surface area contributed by atoms with Crippen LogP contribution in [-0.2, 0) is 19.6 Å². The van der Waals surface area contributed by atoms with Crippen LogP contribution in [0.25, 0.3) is 5.69 Å². The van der Waals surface area contributed by atoms with Crippen LogP contribution in [0.4, 0.5) is 5.69 Å². The Bertz CT molecular complexity index is 1340. The lowest BCUT2D eigenvalue weighted by molar-refractivity contribution is -0.123. The number of benzene rings is 2. The van der Waals surface area contributed by atoms with Crippen LogP contribution in [0.2, 0.25) is 0 Å². The van der Waals surface area contributed by atoms with Crippen LogP contribution in [0.3, 0.4) is 0 Å². The largest absolute Gasteiger partial charge is 0.449 e. The molecule has 1 amide bonds. The molecular weight excluding hydrogens is 460 g/mol. The fraction of sp³-hybridized carbons (Fsp3) is 0.261. The molecule has 2 aromatic carbocycles. The Morgan fingerprint density at radius 3 is 2.15 bits per heavy atom. The van der Waals surface area contributed by atoms with Crippen molar-refractivity contribution in [1.82, 2.24) is 14.3 Å². The van der Waals surface area contributed by atoms with Gasteiger partial charge in [-0.2, -0.15) is 0 Å². The first-order chi connectivity index (χ1) is 16.0. The summed E-state index contributed by atoms with van der Waals surface area (Å²) >= 11 is 0. The maximum Gasteiger partial charge on any atom is 0.338 e. The molecule has 0 aliphatic rings. The first kappa shape index (κ1) is 24.9. The summed E-state index contributed by atoms with van der Waals surface area (Å²) in [6, 6.07) is 11.6. The van der Waals surface area contributed by atoms with Crippen molar-refractivity contribution in [3.63, 3.8) is 0 Å². The third-order valence-electron chi connectivity index (χ3n) is 4.80. The number of sulfonamides is 1. The Labute approximate surface area is 197 Å². The Hall–Kier alpha value is -3.70. The molecule has 180 valence electrons. The number of hydrogen-bond acceptors (Lipinski definition) is 6. The van der Waals surface area contributed by atoms with Crippen LogP contribution in [0.5, 0.6) is 0 Å². The molecular formula is C23H26N4O6S. The van der Waals surface area contributed by atoms with E-state index in [0.29, 0.717) is 17.1 Å². The van der Waals surface area contributed by atoms with Gasteiger partial charge in [-0.1, -0.05) is 0 Å². The number of carbonyl (C=O) groups excluding carboxylic acids is 2. The van der Waals surface area contributed by atoms with Crippen molar-refractivity contribution in [3.05, 3.63) is 76.5 Å². The second-order valence-electron chi connectivity index (χ2n) is 7.95. The van der Waals surface area contributed by atoms with Crippen LogP contribution < -0.4 is 15.7 Å². The minimum absolute atomic E-state index is 0.0687. The standard InChI is InChI=1S/C23H26N4O6S/c1-14(2)26-34(31,32)20-11-7-18(8-12-20)25-21(28)16(4)33-22(29)17-5-9-19(10-6-17)27-15(3)13-24-23(27)30/h5-14,16,26H,1-4H3,(H,24,30)(H,25,28). The van der Waals surface area contributed by atoms with Crippen LogP contribution in [-0.4, -0.2) is 42.0 Å². The molecule has 1 heterocycles. The van der Waals surface area contributed by atoms with Crippen molar-refractivity contribution in [2.75, 3.05) is 5.32 Å². The monoisotopic (exact) mass is 486 g/mol. The molecule has 3 aromatic rings. The van der Waals surface area contributed by atoms with Crippen LogP contribution >= 0.6 is 0 Å². The van der Waals surface area contributed by atoms with E-state index in [4.69, 9.17) is 4.74 Å². The second kappa shape index (κ2) is 10.1. The van der Waals surface area contributed by atoms with E-state index in [1.165, 1.54) is 47.9 Å². The van der Waals surface area contributed by atoms with Gasteiger partial charge < -0.3 is 15.0 Å². The summed E-state index contributed by atoms with van der Waals surface area (Å²) in [5.41, 5.74) is 1.58. The molecule has 1 unspecified atom stereocenters. The summed E-state index contributed by atoms with van der Waals surface area (Å²) in [5.74, 6) is -1.27. The molecule has 0 saturated heterocycles. The lowest BCUT2D eigenvalue weighted by Gasteiger charge is -2.14. The van der Waals surface area contributed by atoms with Gasteiger partial charge in [0, 0.05) is 23.6 Å². The van der Waals surface area contributed by atoms with Gasteiger partial charge in [0.05, 0.1) is 16.1 Å². The van der Waals surface area contributed by atoms with Crippen molar-refractivity contribution < 1.29 is 22.7 Å². The van der Waals surface area contributed by atoms with E-state index in [-0.39, 0.29) is 22.2 Å². The fourth-order valence-electron chi connectivity index (χ4n) is 3.14. The highest BCUT2D eigenvalue weighted by Gasteiger charge is 2.20. The van der Waals surface area contributed by atoms with Gasteiger partial charge in [0.1, 0.15) is 0 Å². The number of rotatable bonds is 8. The first-order valence-corrected chi connectivity index (χ1v) is 12.0. The number of esters is 1. The molecule has 0 fully saturated rings. The number of H-pyrrole nitrogens is 1. The van der Waals surface area contributed by atoms with Gasteiger partial charge >= 0.3 is 11.7 Å². The number of carbonyl (C=O) groups is 2. The van der Waals surface area contributed by atoms with Crippen LogP contribution in [0.1, 0.15) is 36.8 Å². The number of anilines is 1. The fourth-order valence-corrected chi connectivity index (χ4v) is 4.40. The number of amides is 1. The number of aryl methyl sites for hydroxylation is 1. The molecule has 34 heavy (non-hydrogen) atoms. The minimum Gasteiger partial charge on any atom is -0.449 e. The summed E-state index contributed by atoms with van der Waals surface area (Å²) in [5, 5.41) is 2.59. The van der Waals surface area contributed by atoms with Crippen LogP contribution in [0, 0.1) is 6.92 Å². The summed E-state index contributed by atoms with van der Waals surface area (Å²) in [4.78, 5) is 39.4. The van der Waals surface area contributed by atoms with E-state index in [1.54, 1.807) is 39.1 Å². The average molecular weight is 487 g/mol. The number of aromatic amines is 1. The molecule has 0 aliphatic carbocycles. The zero-order valence-electron chi connectivity index (χ0n) is 19.2. The maximum atomic E-state index is 12.4. The molecule has 10 nitrogen and oxygen atoms in total. The summed E-state index contributed by atoms with van der Waals surface area (Å²) in [7, 11) is -3.64. The van der Waals surface area contributed by atoms with E-state index in [1.807, 2.05) is 0 Å². The van der Waals surface area contributed by atoms with Gasteiger partial charge in [-0.05, 0) is 76.2 Å². The zero-order valence-corrected chi connectivity index (χ0v) is 20.0. The smallest absolute Gasteiger partial charge is 0.338 e. The second-order valence-corrected chi connectivity index (χ2v) is 9.67. The molecule has 0 radical (unpaired) electrons. The molecule has 3 rings (SSSR count). The molecule has 0 spiro atoms. The Morgan fingerprint density at radius 2 is 1.62 bits per heavy atom. The highest BCUT2D eigenvalue weighted by Crippen LogP contribution is 2.16. The van der Waals surface area contributed by atoms with E-state index in [2.05, 4.69) is 15.0 Å². The topological polar surface area (TPSA) is 139 Å². The maximum absolute atomic E-state index is 12.4. The number of aromatic nitrogens is 2. The Kier molecular flexibility index (Phi) is 7.38. The SMILES string of the molecule is Cc1c[nH]c(=O)n1-c1ccc(C(=O)OC(C)C(=O)Nc2ccc(S(=O)(=O)NC(C)C)cc2)cc1. The van der Waals surface area contributed by atoms with E-state index in [0.717, 1.165) is 0 Å². The lowest BCUT2D eigenvalue weighted by atomic mass is 10.2.